The summed E-state index contributed by atoms with van der Waals surface area (Å²) < 4.78 is 13.8. The van der Waals surface area contributed by atoms with E-state index in [4.69, 9.17) is 9.47 Å². The Labute approximate surface area is 294 Å². The highest BCUT2D eigenvalue weighted by molar-refractivity contribution is 5.94. The molecule has 1 saturated carbocycles. The smallest absolute Gasteiger partial charge is 0.320 e. The molecule has 2 aliphatic carbocycles. The van der Waals surface area contributed by atoms with Gasteiger partial charge in [0.15, 0.2) is 17.3 Å². The number of nitrogens with one attached hydrogen (secondary N) is 2. The first kappa shape index (κ1) is 35.4. The molecule has 0 spiro atoms. The Hall–Kier alpha value is -4.42. The summed E-state index contributed by atoms with van der Waals surface area (Å²) in [5, 5.41) is 14.9. The largest absolute Gasteiger partial charge is 0.484 e. The van der Waals surface area contributed by atoms with Crippen molar-refractivity contribution >= 4 is 23.3 Å². The Morgan fingerprint density at radius 2 is 1.76 bits per heavy atom. The molecule has 3 heterocycles. The molecular weight excluding hydrogens is 632 g/mol. The second-order valence-electron chi connectivity index (χ2n) is 14.6. The van der Waals surface area contributed by atoms with Crippen molar-refractivity contribution in [2.75, 3.05) is 39.2 Å². The van der Waals surface area contributed by atoms with Crippen LogP contribution in [0.25, 0.3) is 5.65 Å². The third kappa shape index (κ3) is 8.47. The van der Waals surface area contributed by atoms with Crippen LogP contribution in [0.5, 0.6) is 5.75 Å². The van der Waals surface area contributed by atoms with Crippen molar-refractivity contribution in [1.82, 2.24) is 34.8 Å². The van der Waals surface area contributed by atoms with Gasteiger partial charge in [-0.05, 0) is 69.0 Å². The molecule has 0 unspecified atom stereocenters. The molecule has 2 atom stereocenters. The summed E-state index contributed by atoms with van der Waals surface area (Å²) in [5.41, 5.74) is 3.22. The first-order valence-corrected chi connectivity index (χ1v) is 17.9. The molecule has 0 bridgehead atoms. The van der Waals surface area contributed by atoms with Crippen molar-refractivity contribution in [1.29, 1.82) is 0 Å². The van der Waals surface area contributed by atoms with Crippen molar-refractivity contribution < 1.29 is 19.1 Å². The normalized spacial score (nSPS) is 18.0. The summed E-state index contributed by atoms with van der Waals surface area (Å²) in [6, 6.07) is 13.2. The zero-order valence-corrected chi connectivity index (χ0v) is 29.9. The summed E-state index contributed by atoms with van der Waals surface area (Å²) in [5.74, 6) is 2.49. The quantitative estimate of drug-likeness (QED) is 0.146. The summed E-state index contributed by atoms with van der Waals surface area (Å²) in [6.45, 7) is 8.26. The van der Waals surface area contributed by atoms with Gasteiger partial charge in [-0.25, -0.2) is 14.8 Å². The van der Waals surface area contributed by atoms with E-state index in [0.29, 0.717) is 43.3 Å². The van der Waals surface area contributed by atoms with Crippen molar-refractivity contribution in [2.45, 2.75) is 95.6 Å². The van der Waals surface area contributed by atoms with Crippen molar-refractivity contribution in [2.24, 2.45) is 0 Å². The minimum atomic E-state index is -0.390. The Balaban J connectivity index is 1.12. The maximum atomic E-state index is 13.4. The van der Waals surface area contributed by atoms with Gasteiger partial charge in [0.2, 0.25) is 0 Å². The van der Waals surface area contributed by atoms with E-state index in [2.05, 4.69) is 46.2 Å². The number of fused-ring (bicyclic) bond motifs is 2. The monoisotopic (exact) mass is 682 g/mol. The van der Waals surface area contributed by atoms with Crippen molar-refractivity contribution in [3.63, 3.8) is 0 Å². The van der Waals surface area contributed by atoms with Gasteiger partial charge in [-0.15, -0.1) is 10.2 Å². The second-order valence-corrected chi connectivity index (χ2v) is 14.6. The van der Waals surface area contributed by atoms with Gasteiger partial charge in [-0.3, -0.25) is 14.5 Å². The van der Waals surface area contributed by atoms with Crippen molar-refractivity contribution in [3.05, 3.63) is 77.1 Å². The highest BCUT2D eigenvalue weighted by Crippen LogP contribution is 2.39. The fraction of sp³-hybridized carbons (Fsp3) is 0.526. The average Bonchev–Trinajstić information content (AvgIpc) is 3.78. The maximum Gasteiger partial charge on any atom is 0.320 e. The number of benzene rings is 1. The van der Waals surface area contributed by atoms with Crippen LogP contribution in [0.3, 0.4) is 0 Å². The first-order valence-electron chi connectivity index (χ1n) is 17.9. The van der Waals surface area contributed by atoms with Crippen LogP contribution in [-0.4, -0.2) is 75.1 Å². The maximum absolute atomic E-state index is 13.4. The van der Waals surface area contributed by atoms with E-state index in [1.165, 1.54) is 12.8 Å². The number of aromatic nitrogens is 5. The van der Waals surface area contributed by atoms with Gasteiger partial charge in [-0.2, -0.15) is 0 Å². The minimum Gasteiger partial charge on any atom is -0.484 e. The molecule has 0 radical (unpaired) electrons. The lowest BCUT2D eigenvalue weighted by Gasteiger charge is -2.32. The number of anilines is 1. The average molecular weight is 683 g/mol. The Morgan fingerprint density at radius 3 is 2.52 bits per heavy atom. The van der Waals surface area contributed by atoms with Crippen LogP contribution in [0, 0.1) is 0 Å². The number of ether oxygens (including phenoxy) is 2. The van der Waals surface area contributed by atoms with Gasteiger partial charge in [0.05, 0.1) is 24.5 Å². The molecule has 266 valence electrons. The molecule has 1 fully saturated rings. The van der Waals surface area contributed by atoms with Crippen LogP contribution in [-0.2, 0) is 10.2 Å². The van der Waals surface area contributed by atoms with Gasteiger partial charge < -0.3 is 19.7 Å². The van der Waals surface area contributed by atoms with E-state index >= 15 is 0 Å². The zero-order valence-electron chi connectivity index (χ0n) is 29.9. The molecule has 50 heavy (non-hydrogen) atoms. The molecule has 1 aromatic carbocycles. The molecule has 0 saturated heterocycles. The number of rotatable bonds is 13. The number of hydrogen-bond acceptors (Lipinski definition) is 9. The number of Topliss-reactive ketones (excluding diaryl/α,β-unsaturated/α-hetero) is 1. The number of methoxy groups -OCH3 is 1. The van der Waals surface area contributed by atoms with Gasteiger partial charge in [-0.1, -0.05) is 57.9 Å². The van der Waals surface area contributed by atoms with Crippen LogP contribution >= 0.6 is 0 Å². The van der Waals surface area contributed by atoms with E-state index in [1.807, 2.05) is 64.3 Å². The van der Waals surface area contributed by atoms with Gasteiger partial charge in [0.1, 0.15) is 23.5 Å². The van der Waals surface area contributed by atoms with E-state index in [0.717, 1.165) is 60.7 Å². The molecule has 12 nitrogen and oxygen atoms in total. The summed E-state index contributed by atoms with van der Waals surface area (Å²) in [4.78, 5) is 37.8. The van der Waals surface area contributed by atoms with Crippen LogP contribution < -0.4 is 15.4 Å². The predicted molar refractivity (Wildman–Crippen MR) is 192 cm³/mol. The Morgan fingerprint density at radius 1 is 0.980 bits per heavy atom. The molecule has 4 aromatic rings. The van der Waals surface area contributed by atoms with E-state index in [1.54, 1.807) is 13.2 Å². The summed E-state index contributed by atoms with van der Waals surface area (Å²) in [7, 11) is 3.68. The molecule has 2 N–H and O–H groups in total. The molecule has 2 amide bonds. The molecule has 0 aliphatic heterocycles. The number of ketones is 1. The number of nitrogens with zero attached hydrogens (tertiary/aromatic N) is 6. The van der Waals surface area contributed by atoms with Crippen LogP contribution in [0.15, 0.2) is 48.7 Å². The van der Waals surface area contributed by atoms with Gasteiger partial charge >= 0.3 is 6.03 Å². The fourth-order valence-corrected chi connectivity index (χ4v) is 6.92. The summed E-state index contributed by atoms with van der Waals surface area (Å²) in [6.07, 6.45) is 9.00. The standard InChI is InChI=1S/C38H50N8O4/c1-38(2,3)32-23-33(41-35(40-32)30(47)15-10-20-45(4)21-22-49-5)42-37(48)39-29-17-18-31(28-14-9-8-13-27(28)29)50-26-16-19-34-43-44-36(46(34)24-26)25-11-6-7-12-25/h8-9,13-14,16,19,23-25,29,31H,6-7,10-12,15,17-18,20-22H2,1-5H3,(H2,39,40,41,42,48)/t29-,31+/m0/s1. The molecule has 3 aromatic heterocycles. The highest BCUT2D eigenvalue weighted by Gasteiger charge is 2.30. The predicted octanol–water partition coefficient (Wildman–Crippen LogP) is 6.79. The lowest BCUT2D eigenvalue weighted by Crippen LogP contribution is -2.36. The number of carbonyl (C=O) groups excluding carboxylic acids is 2. The third-order valence-corrected chi connectivity index (χ3v) is 9.75. The molecular formula is C38H50N8O4. The number of hydrogen-bond donors (Lipinski definition) is 2. The molecule has 6 rings (SSSR count). The van der Waals surface area contributed by atoms with Gasteiger partial charge in [0.25, 0.3) is 0 Å². The highest BCUT2D eigenvalue weighted by atomic mass is 16.5. The first-order chi connectivity index (χ1) is 24.1. The second kappa shape index (κ2) is 15.6. The SMILES string of the molecule is COCCN(C)CCCC(=O)c1nc(NC(=O)N[C@H]2CC[C@@H](Oc3ccc4nnc(C5CCCC5)n4c3)c3ccccc32)cc(C(C)(C)C)n1. The topological polar surface area (TPSA) is 136 Å². The number of urea groups is 1. The van der Waals surface area contributed by atoms with Crippen molar-refractivity contribution in [3.8, 4) is 5.75 Å². The molecule has 12 heteroatoms. The van der Waals surface area contributed by atoms with Gasteiger partial charge in [0, 0.05) is 37.5 Å². The van der Waals surface area contributed by atoms with Crippen LogP contribution in [0.4, 0.5) is 10.6 Å². The number of carbonyl (C=O) groups is 2. The Kier molecular flexibility index (Phi) is 11.1. The third-order valence-electron chi connectivity index (χ3n) is 9.75. The Bertz CT molecular complexity index is 1800. The van der Waals surface area contributed by atoms with Crippen LogP contribution in [0.1, 0.15) is 123 Å². The van der Waals surface area contributed by atoms with E-state index in [9.17, 15) is 9.59 Å². The van der Waals surface area contributed by atoms with E-state index in [-0.39, 0.29) is 29.2 Å². The minimum absolute atomic E-state index is 0.121. The number of amides is 2. The molecule has 2 aliphatic rings. The van der Waals surface area contributed by atoms with Crippen LogP contribution in [0.2, 0.25) is 0 Å². The zero-order chi connectivity index (χ0) is 35.3. The number of likely N-dealkylation sites (N-methyl/N-ethyl adjacent to an activating group) is 1. The summed E-state index contributed by atoms with van der Waals surface area (Å²) >= 11 is 0. The lowest BCUT2D eigenvalue weighted by atomic mass is 9.85. The number of pyridine rings is 1. The van der Waals surface area contributed by atoms with E-state index < -0.39 is 6.03 Å². The lowest BCUT2D eigenvalue weighted by molar-refractivity contribution is 0.0963. The fourth-order valence-electron chi connectivity index (χ4n) is 6.92.